The monoisotopic (exact) mass is 323 g/mol. The van der Waals surface area contributed by atoms with Crippen LogP contribution in [-0.2, 0) is 11.3 Å². The van der Waals surface area contributed by atoms with E-state index in [1.165, 1.54) is 17.4 Å². The summed E-state index contributed by atoms with van der Waals surface area (Å²) < 4.78 is 36.5. The van der Waals surface area contributed by atoms with Crippen LogP contribution >= 0.6 is 11.3 Å². The van der Waals surface area contributed by atoms with Gasteiger partial charge in [-0.1, -0.05) is 5.16 Å². The Morgan fingerprint density at radius 3 is 2.77 bits per heavy atom. The third-order valence-corrected chi connectivity index (χ3v) is 4.03. The number of thiazole rings is 1. The predicted molar refractivity (Wildman–Crippen MR) is 76.2 cm³/mol. The number of ether oxygens (including phenoxy) is 1. The van der Waals surface area contributed by atoms with Crippen molar-refractivity contribution in [3.63, 3.8) is 0 Å². The molecule has 0 unspecified atom stereocenters. The average molecular weight is 323 g/mol. The lowest BCUT2D eigenvalue weighted by Gasteiger charge is -1.95. The third kappa shape index (κ3) is 2.75. The molecule has 0 amide bonds. The van der Waals surface area contributed by atoms with E-state index in [0.717, 1.165) is 27.7 Å². The summed E-state index contributed by atoms with van der Waals surface area (Å²) >= 11 is 1.38. The summed E-state index contributed by atoms with van der Waals surface area (Å²) in [7, 11) is 1.59. The van der Waals surface area contributed by atoms with Crippen LogP contribution in [0.4, 0.5) is 8.78 Å². The Morgan fingerprint density at radius 2 is 2.05 bits per heavy atom. The molecule has 0 radical (unpaired) electrons. The number of hydrogen-bond acceptors (Lipinski definition) is 6. The van der Waals surface area contributed by atoms with E-state index in [1.54, 1.807) is 7.11 Å². The Bertz CT molecular complexity index is 816. The lowest BCUT2D eigenvalue weighted by Crippen LogP contribution is -1.87. The minimum atomic E-state index is -0.958. The van der Waals surface area contributed by atoms with Gasteiger partial charge in [0.25, 0.3) is 5.89 Å². The van der Waals surface area contributed by atoms with Crippen LogP contribution in [0.2, 0.25) is 0 Å². The van der Waals surface area contributed by atoms with Gasteiger partial charge in [0.15, 0.2) is 11.6 Å². The van der Waals surface area contributed by atoms with Crippen molar-refractivity contribution in [2.24, 2.45) is 0 Å². The first kappa shape index (κ1) is 14.7. The highest BCUT2D eigenvalue weighted by atomic mass is 32.1. The van der Waals surface area contributed by atoms with Gasteiger partial charge in [-0.25, -0.2) is 13.8 Å². The highest BCUT2D eigenvalue weighted by Gasteiger charge is 2.17. The fraction of sp³-hybridized carbons (Fsp3) is 0.214. The molecule has 22 heavy (non-hydrogen) atoms. The molecule has 0 spiro atoms. The van der Waals surface area contributed by atoms with E-state index < -0.39 is 11.6 Å². The quantitative estimate of drug-likeness (QED) is 0.734. The van der Waals surface area contributed by atoms with Crippen molar-refractivity contribution in [3.8, 4) is 22.2 Å². The van der Waals surface area contributed by atoms with Gasteiger partial charge in [-0.15, -0.1) is 11.3 Å². The molecular formula is C14H11F2N3O2S. The van der Waals surface area contributed by atoms with E-state index in [2.05, 4.69) is 15.1 Å². The summed E-state index contributed by atoms with van der Waals surface area (Å²) in [5.41, 5.74) is 1.09. The summed E-state index contributed by atoms with van der Waals surface area (Å²) in [5, 5.41) is 4.60. The number of methoxy groups -OCH3 is 1. The van der Waals surface area contributed by atoms with Crippen molar-refractivity contribution in [1.82, 2.24) is 15.1 Å². The first-order valence-electron chi connectivity index (χ1n) is 6.33. The molecule has 1 aromatic carbocycles. The molecule has 8 heteroatoms. The molecule has 0 saturated carbocycles. The van der Waals surface area contributed by atoms with Crippen LogP contribution in [0.25, 0.3) is 22.2 Å². The fourth-order valence-corrected chi connectivity index (χ4v) is 2.86. The highest BCUT2D eigenvalue weighted by molar-refractivity contribution is 7.15. The molecule has 5 nitrogen and oxygen atoms in total. The van der Waals surface area contributed by atoms with Crippen molar-refractivity contribution < 1.29 is 18.0 Å². The molecule has 0 aliphatic carbocycles. The maximum Gasteiger partial charge on any atom is 0.270 e. The van der Waals surface area contributed by atoms with Crippen LogP contribution in [0, 0.1) is 18.6 Å². The van der Waals surface area contributed by atoms with Crippen molar-refractivity contribution in [2.45, 2.75) is 13.5 Å². The van der Waals surface area contributed by atoms with Gasteiger partial charge >= 0.3 is 0 Å². The molecule has 2 aromatic heterocycles. The molecular weight excluding hydrogens is 312 g/mol. The molecule has 2 heterocycles. The first-order chi connectivity index (χ1) is 10.6. The number of aromatic nitrogens is 3. The average Bonchev–Trinajstić information content (AvgIpc) is 3.09. The van der Waals surface area contributed by atoms with Crippen LogP contribution in [0.1, 0.15) is 10.7 Å². The number of aryl methyl sites for hydroxylation is 1. The zero-order valence-electron chi connectivity index (χ0n) is 11.8. The summed E-state index contributed by atoms with van der Waals surface area (Å²) in [5.74, 6) is -1.40. The molecule has 0 aliphatic heterocycles. The predicted octanol–water partition coefficient (Wildman–Crippen LogP) is 3.59. The van der Waals surface area contributed by atoms with E-state index >= 15 is 0 Å². The van der Waals surface area contributed by atoms with Crippen LogP contribution < -0.4 is 0 Å². The number of hydrogen-bond donors (Lipinski definition) is 0. The maximum absolute atomic E-state index is 13.3. The van der Waals surface area contributed by atoms with Gasteiger partial charge < -0.3 is 9.26 Å². The third-order valence-electron chi connectivity index (χ3n) is 2.91. The highest BCUT2D eigenvalue weighted by Crippen LogP contribution is 2.30. The topological polar surface area (TPSA) is 61.0 Å². The summed E-state index contributed by atoms with van der Waals surface area (Å²) in [6.07, 6.45) is 0. The van der Waals surface area contributed by atoms with Crippen LogP contribution in [-0.4, -0.2) is 22.2 Å². The molecule has 0 atom stereocenters. The normalized spacial score (nSPS) is 11.1. The van der Waals surface area contributed by atoms with Crippen LogP contribution in [0.3, 0.4) is 0 Å². The smallest absolute Gasteiger partial charge is 0.270 e. The molecule has 0 N–H and O–H groups in total. The van der Waals surface area contributed by atoms with Gasteiger partial charge in [0.1, 0.15) is 9.88 Å². The van der Waals surface area contributed by atoms with Gasteiger partial charge in [-0.05, 0) is 25.1 Å². The second-order valence-corrected chi connectivity index (χ2v) is 5.59. The maximum atomic E-state index is 13.3. The van der Waals surface area contributed by atoms with Crippen molar-refractivity contribution in [3.05, 3.63) is 40.5 Å². The minimum absolute atomic E-state index is 0.190. The molecule has 0 fully saturated rings. The Hall–Kier alpha value is -2.19. The largest absolute Gasteiger partial charge is 0.378 e. The Morgan fingerprint density at radius 1 is 1.23 bits per heavy atom. The second-order valence-electron chi connectivity index (χ2n) is 4.51. The van der Waals surface area contributed by atoms with Crippen LogP contribution in [0.5, 0.6) is 0 Å². The first-order valence-corrected chi connectivity index (χ1v) is 7.15. The zero-order valence-corrected chi connectivity index (χ0v) is 12.6. The van der Waals surface area contributed by atoms with Gasteiger partial charge in [0.2, 0.25) is 5.82 Å². The fourth-order valence-electron chi connectivity index (χ4n) is 1.90. The van der Waals surface area contributed by atoms with Crippen LogP contribution in [0.15, 0.2) is 22.7 Å². The Labute approximate surface area is 128 Å². The lowest BCUT2D eigenvalue weighted by atomic mass is 10.2. The van der Waals surface area contributed by atoms with Gasteiger partial charge in [-0.3, -0.25) is 0 Å². The number of nitrogens with zero attached hydrogens (tertiary/aromatic N) is 3. The number of benzene rings is 1. The lowest BCUT2D eigenvalue weighted by molar-refractivity contribution is 0.184. The molecule has 0 bridgehead atoms. The number of halogens is 2. The van der Waals surface area contributed by atoms with E-state index in [1.807, 2.05) is 6.92 Å². The number of rotatable bonds is 4. The summed E-state index contributed by atoms with van der Waals surface area (Å²) in [6.45, 7) is 2.22. The molecule has 114 valence electrons. The SMILES string of the molecule is COCc1nc(C)c(-c2nc(-c3ccc(F)c(F)c3)no2)s1. The van der Waals surface area contributed by atoms with E-state index in [0.29, 0.717) is 12.2 Å². The molecule has 3 aromatic rings. The van der Waals surface area contributed by atoms with Gasteiger partial charge in [0.05, 0.1) is 12.3 Å². The van der Waals surface area contributed by atoms with Crippen molar-refractivity contribution in [2.75, 3.05) is 7.11 Å². The zero-order chi connectivity index (χ0) is 15.7. The molecule has 3 rings (SSSR count). The Kier molecular flexibility index (Phi) is 3.95. The second kappa shape index (κ2) is 5.90. The van der Waals surface area contributed by atoms with E-state index in [4.69, 9.17) is 9.26 Å². The van der Waals surface area contributed by atoms with Crippen molar-refractivity contribution >= 4 is 11.3 Å². The Balaban J connectivity index is 1.95. The summed E-state index contributed by atoms with van der Waals surface area (Å²) in [4.78, 5) is 9.29. The minimum Gasteiger partial charge on any atom is -0.378 e. The molecule has 0 aliphatic rings. The molecule has 0 saturated heterocycles. The standard InChI is InChI=1S/C14H11F2N3O2S/c1-7-12(22-11(17-7)6-20-2)14-18-13(19-21-14)8-3-4-9(15)10(16)5-8/h3-5H,6H2,1-2H3. The van der Waals surface area contributed by atoms with E-state index in [9.17, 15) is 8.78 Å². The summed E-state index contributed by atoms with van der Waals surface area (Å²) in [6, 6.07) is 3.44. The van der Waals surface area contributed by atoms with Crippen molar-refractivity contribution in [1.29, 1.82) is 0 Å². The van der Waals surface area contributed by atoms with E-state index in [-0.39, 0.29) is 11.7 Å². The van der Waals surface area contributed by atoms with Gasteiger partial charge in [-0.2, -0.15) is 4.98 Å². The van der Waals surface area contributed by atoms with Gasteiger partial charge in [0, 0.05) is 12.7 Å².